The van der Waals surface area contributed by atoms with E-state index >= 15 is 0 Å². The standard InChI is InChI=1S/C14H14FNO3/c1-3-8(2)16-7-11(14(18)19)13(17)10-5-4-9(15)6-12(10)16/h4-8H,3H2,1-2H3,(H,18,19). The molecule has 0 radical (unpaired) electrons. The molecule has 1 aromatic carbocycles. The van der Waals surface area contributed by atoms with Gasteiger partial charge in [-0.05, 0) is 31.5 Å². The number of halogens is 1. The number of carboxylic acids is 1. The van der Waals surface area contributed by atoms with E-state index in [4.69, 9.17) is 5.11 Å². The molecule has 1 N–H and O–H groups in total. The van der Waals surface area contributed by atoms with Gasteiger partial charge in [0, 0.05) is 17.6 Å². The van der Waals surface area contributed by atoms with Crippen LogP contribution in [-0.2, 0) is 0 Å². The van der Waals surface area contributed by atoms with Crippen molar-refractivity contribution in [1.82, 2.24) is 4.57 Å². The van der Waals surface area contributed by atoms with Crippen molar-refractivity contribution in [1.29, 1.82) is 0 Å². The van der Waals surface area contributed by atoms with Gasteiger partial charge in [0.05, 0.1) is 5.52 Å². The van der Waals surface area contributed by atoms with Crippen LogP contribution in [0.1, 0.15) is 36.7 Å². The van der Waals surface area contributed by atoms with Crippen LogP contribution in [0.4, 0.5) is 4.39 Å². The van der Waals surface area contributed by atoms with E-state index in [1.165, 1.54) is 18.3 Å². The van der Waals surface area contributed by atoms with E-state index in [-0.39, 0.29) is 17.0 Å². The van der Waals surface area contributed by atoms with Gasteiger partial charge in [-0.1, -0.05) is 6.92 Å². The third-order valence-electron chi connectivity index (χ3n) is 3.29. The molecule has 5 heteroatoms. The predicted molar refractivity (Wildman–Crippen MR) is 70.1 cm³/mol. The maximum Gasteiger partial charge on any atom is 0.341 e. The zero-order chi connectivity index (χ0) is 14.2. The second-order valence-corrected chi connectivity index (χ2v) is 4.50. The summed E-state index contributed by atoms with van der Waals surface area (Å²) < 4.78 is 15.0. The molecule has 4 nitrogen and oxygen atoms in total. The first kappa shape index (κ1) is 13.3. The molecule has 1 unspecified atom stereocenters. The average Bonchev–Trinajstić information content (AvgIpc) is 2.37. The SMILES string of the molecule is CCC(C)n1cc(C(=O)O)c(=O)c2ccc(F)cc21. The van der Waals surface area contributed by atoms with E-state index in [1.807, 2.05) is 13.8 Å². The number of hydrogen-bond donors (Lipinski definition) is 1. The normalized spacial score (nSPS) is 12.6. The molecule has 2 rings (SSSR count). The van der Waals surface area contributed by atoms with Crippen LogP contribution in [0, 0.1) is 5.82 Å². The Bertz CT molecular complexity index is 706. The van der Waals surface area contributed by atoms with Crippen LogP contribution in [0.5, 0.6) is 0 Å². The monoisotopic (exact) mass is 263 g/mol. The lowest BCUT2D eigenvalue weighted by Gasteiger charge is -2.18. The summed E-state index contributed by atoms with van der Waals surface area (Å²) in [5.74, 6) is -1.72. The summed E-state index contributed by atoms with van der Waals surface area (Å²) in [4.78, 5) is 23.1. The number of carbonyl (C=O) groups is 1. The Morgan fingerprint density at radius 3 is 2.74 bits per heavy atom. The number of fused-ring (bicyclic) bond motifs is 1. The van der Waals surface area contributed by atoms with Gasteiger partial charge < -0.3 is 9.67 Å². The van der Waals surface area contributed by atoms with E-state index < -0.39 is 17.2 Å². The summed E-state index contributed by atoms with van der Waals surface area (Å²) in [7, 11) is 0. The van der Waals surface area contributed by atoms with E-state index in [0.29, 0.717) is 5.52 Å². The van der Waals surface area contributed by atoms with Gasteiger partial charge in [0.15, 0.2) is 0 Å². The van der Waals surface area contributed by atoms with Crippen LogP contribution < -0.4 is 5.43 Å². The highest BCUT2D eigenvalue weighted by atomic mass is 19.1. The molecule has 0 spiro atoms. The summed E-state index contributed by atoms with van der Waals surface area (Å²) in [5.41, 5.74) is -0.453. The first-order chi connectivity index (χ1) is 8.95. The Hall–Kier alpha value is -2.17. The lowest BCUT2D eigenvalue weighted by Crippen LogP contribution is -2.20. The Kier molecular flexibility index (Phi) is 3.38. The summed E-state index contributed by atoms with van der Waals surface area (Å²) >= 11 is 0. The lowest BCUT2D eigenvalue weighted by atomic mass is 10.1. The molecule has 1 aromatic heterocycles. The molecular weight excluding hydrogens is 249 g/mol. The molecule has 0 saturated carbocycles. The van der Waals surface area contributed by atoms with Crippen molar-refractivity contribution in [3.63, 3.8) is 0 Å². The quantitative estimate of drug-likeness (QED) is 0.926. The van der Waals surface area contributed by atoms with Crippen LogP contribution in [0.25, 0.3) is 10.9 Å². The zero-order valence-corrected chi connectivity index (χ0v) is 10.7. The first-order valence-electron chi connectivity index (χ1n) is 6.03. The minimum atomic E-state index is -1.27. The Morgan fingerprint density at radius 2 is 2.16 bits per heavy atom. The van der Waals surface area contributed by atoms with Gasteiger partial charge in [0.25, 0.3) is 0 Å². The van der Waals surface area contributed by atoms with Gasteiger partial charge in [0.1, 0.15) is 11.4 Å². The van der Waals surface area contributed by atoms with Crippen molar-refractivity contribution in [3.8, 4) is 0 Å². The summed E-state index contributed by atoms with van der Waals surface area (Å²) in [6, 6.07) is 3.73. The number of carboxylic acid groups (broad SMARTS) is 1. The topological polar surface area (TPSA) is 59.3 Å². The summed E-state index contributed by atoms with van der Waals surface area (Å²) in [5, 5.41) is 9.29. The largest absolute Gasteiger partial charge is 0.477 e. The highest BCUT2D eigenvalue weighted by Crippen LogP contribution is 2.20. The highest BCUT2D eigenvalue weighted by molar-refractivity contribution is 5.92. The smallest absolute Gasteiger partial charge is 0.341 e. The van der Waals surface area contributed by atoms with Crippen molar-refractivity contribution < 1.29 is 14.3 Å². The van der Waals surface area contributed by atoms with Crippen LogP contribution >= 0.6 is 0 Å². The van der Waals surface area contributed by atoms with Crippen molar-refractivity contribution in [2.24, 2.45) is 0 Å². The van der Waals surface area contributed by atoms with Gasteiger partial charge in [-0.25, -0.2) is 9.18 Å². The van der Waals surface area contributed by atoms with Crippen molar-refractivity contribution in [2.75, 3.05) is 0 Å². The minimum absolute atomic E-state index is 0.0250. The van der Waals surface area contributed by atoms with Gasteiger partial charge in [-0.3, -0.25) is 4.79 Å². The molecule has 100 valence electrons. The maximum absolute atomic E-state index is 13.3. The van der Waals surface area contributed by atoms with Gasteiger partial charge in [-0.15, -0.1) is 0 Å². The number of aromatic nitrogens is 1. The highest BCUT2D eigenvalue weighted by Gasteiger charge is 2.16. The molecule has 0 amide bonds. The molecule has 19 heavy (non-hydrogen) atoms. The third-order valence-corrected chi connectivity index (χ3v) is 3.29. The fourth-order valence-electron chi connectivity index (χ4n) is 2.04. The number of pyridine rings is 1. The van der Waals surface area contributed by atoms with Crippen LogP contribution in [0.2, 0.25) is 0 Å². The van der Waals surface area contributed by atoms with Crippen LogP contribution in [-0.4, -0.2) is 15.6 Å². The molecule has 0 aliphatic carbocycles. The van der Waals surface area contributed by atoms with Crippen molar-refractivity contribution >= 4 is 16.9 Å². The van der Waals surface area contributed by atoms with E-state index in [9.17, 15) is 14.0 Å². The first-order valence-corrected chi connectivity index (χ1v) is 6.03. The van der Waals surface area contributed by atoms with Gasteiger partial charge in [0.2, 0.25) is 5.43 Å². The minimum Gasteiger partial charge on any atom is -0.477 e. The predicted octanol–water partition coefficient (Wildman–Crippen LogP) is 2.81. The second-order valence-electron chi connectivity index (χ2n) is 4.50. The molecule has 0 aliphatic heterocycles. The van der Waals surface area contributed by atoms with Gasteiger partial charge in [-0.2, -0.15) is 0 Å². The molecule has 1 atom stereocenters. The average molecular weight is 263 g/mol. The number of hydrogen-bond acceptors (Lipinski definition) is 2. The van der Waals surface area contributed by atoms with E-state index in [0.717, 1.165) is 12.5 Å². The van der Waals surface area contributed by atoms with Crippen LogP contribution in [0.3, 0.4) is 0 Å². The molecule has 0 bridgehead atoms. The molecule has 2 aromatic rings. The van der Waals surface area contributed by atoms with E-state index in [2.05, 4.69) is 0 Å². The molecule has 0 saturated heterocycles. The Balaban J connectivity index is 2.92. The number of aromatic carboxylic acids is 1. The third kappa shape index (κ3) is 2.23. The van der Waals surface area contributed by atoms with Crippen molar-refractivity contribution in [3.05, 3.63) is 46.0 Å². The Morgan fingerprint density at radius 1 is 1.47 bits per heavy atom. The maximum atomic E-state index is 13.3. The van der Waals surface area contributed by atoms with Crippen LogP contribution in [0.15, 0.2) is 29.2 Å². The zero-order valence-electron chi connectivity index (χ0n) is 10.7. The van der Waals surface area contributed by atoms with Gasteiger partial charge >= 0.3 is 5.97 Å². The van der Waals surface area contributed by atoms with E-state index in [1.54, 1.807) is 4.57 Å². The molecule has 0 aliphatic rings. The number of nitrogens with zero attached hydrogens (tertiary/aromatic N) is 1. The summed E-state index contributed by atoms with van der Waals surface area (Å²) in [6.45, 7) is 3.83. The number of benzene rings is 1. The Labute approximate surface area is 109 Å². The molecule has 1 heterocycles. The second kappa shape index (κ2) is 4.84. The summed E-state index contributed by atoms with van der Waals surface area (Å²) in [6.07, 6.45) is 2.04. The lowest BCUT2D eigenvalue weighted by molar-refractivity contribution is 0.0694. The van der Waals surface area contributed by atoms with Crippen molar-refractivity contribution in [2.45, 2.75) is 26.3 Å². The fraction of sp³-hybridized carbons (Fsp3) is 0.286. The number of rotatable bonds is 3. The fourth-order valence-corrected chi connectivity index (χ4v) is 2.04. The molecular formula is C14H14FNO3. The molecule has 0 fully saturated rings.